The Morgan fingerprint density at radius 2 is 1.61 bits per heavy atom. The largest absolute Gasteiger partial charge is 3.00 e. The van der Waals surface area contributed by atoms with Crippen LogP contribution in [-0.4, -0.2) is 9.55 Å². The Morgan fingerprint density at radius 1 is 0.804 bits per heavy atom. The van der Waals surface area contributed by atoms with Crippen LogP contribution in [0.25, 0.3) is 71.6 Å². The molecule has 0 bridgehead atoms. The number of aryl methyl sites for hydroxylation is 2. The molecule has 0 radical (unpaired) electrons. The van der Waals surface area contributed by atoms with Gasteiger partial charge in [-0.15, -0.1) is 30.3 Å². The van der Waals surface area contributed by atoms with Gasteiger partial charge in [-0.2, -0.15) is 12.1 Å². The summed E-state index contributed by atoms with van der Waals surface area (Å²) in [7, 11) is 0. The molecule has 0 aliphatic heterocycles. The number of hydrogen-bond acceptors (Lipinski definition) is 2. The minimum absolute atomic E-state index is 0. The summed E-state index contributed by atoms with van der Waals surface area (Å²) in [4.78, 5) is 4.54. The minimum atomic E-state index is -2.61. The Balaban J connectivity index is 0.000000295. The predicted octanol–water partition coefficient (Wildman–Crippen LogP) is 12.6. The van der Waals surface area contributed by atoms with Crippen LogP contribution in [0.1, 0.15) is 67.8 Å². The van der Waals surface area contributed by atoms with Crippen LogP contribution in [-0.2, 0) is 31.1 Å². The van der Waals surface area contributed by atoms with E-state index in [-0.39, 0.29) is 59.8 Å². The van der Waals surface area contributed by atoms with Crippen LogP contribution in [0.4, 0.5) is 4.39 Å². The Morgan fingerprint density at radius 3 is 2.34 bits per heavy atom. The molecule has 0 atom stereocenters. The van der Waals surface area contributed by atoms with Gasteiger partial charge in [0.15, 0.2) is 0 Å². The maximum atomic E-state index is 12.7. The van der Waals surface area contributed by atoms with Crippen molar-refractivity contribution in [2.75, 3.05) is 0 Å². The van der Waals surface area contributed by atoms with E-state index < -0.39 is 19.1 Å². The average molecular weight is 921 g/mol. The SMILES string of the molecule is CC(C)(C)[n+]1[c-]n(-c2[c-]cc(F)cc2)cc1.[2H]c1cc(C(C)(C)C)cc(C([2H])([2H])[2H])c1-c1cc(-c2[c-]ccc3c2oc2cc4c(ccc5ccccc54)cc23)ncc1C([2H])([2H])[2H].[Ir+3]. The van der Waals surface area contributed by atoms with Crippen molar-refractivity contribution in [1.82, 2.24) is 9.55 Å². The number of hydrogen-bond donors (Lipinski definition) is 0. The molecule has 0 saturated carbocycles. The summed E-state index contributed by atoms with van der Waals surface area (Å²) in [5.74, 6) is -0.278. The second kappa shape index (κ2) is 14.9. The summed E-state index contributed by atoms with van der Waals surface area (Å²) < 4.78 is 81.9. The molecule has 9 rings (SSSR count). The van der Waals surface area contributed by atoms with Crippen molar-refractivity contribution in [2.24, 2.45) is 0 Å². The molecule has 3 aromatic heterocycles. The summed E-state index contributed by atoms with van der Waals surface area (Å²) in [6, 6.07) is 35.4. The fourth-order valence-electron chi connectivity index (χ4n) is 6.76. The van der Waals surface area contributed by atoms with Crippen LogP contribution in [0.3, 0.4) is 0 Å². The quantitative estimate of drug-likeness (QED) is 0.101. The van der Waals surface area contributed by atoms with Crippen molar-refractivity contribution in [1.29, 1.82) is 0 Å². The van der Waals surface area contributed by atoms with E-state index >= 15 is 0 Å². The molecule has 0 spiro atoms. The smallest absolute Gasteiger partial charge is 0.501 e. The molecule has 0 aliphatic rings. The van der Waals surface area contributed by atoms with Gasteiger partial charge in [0.05, 0.1) is 12.5 Å². The van der Waals surface area contributed by atoms with Gasteiger partial charge in [-0.25, -0.2) is 0 Å². The monoisotopic (exact) mass is 921 g/mol. The van der Waals surface area contributed by atoms with Crippen molar-refractivity contribution in [3.8, 4) is 28.1 Å². The maximum Gasteiger partial charge on any atom is 3.00 e. The molecule has 0 fully saturated rings. The molecule has 0 aliphatic carbocycles. The Kier molecular flexibility index (Phi) is 8.19. The number of benzene rings is 6. The third-order valence-electron chi connectivity index (χ3n) is 9.85. The van der Waals surface area contributed by atoms with E-state index in [9.17, 15) is 4.39 Å². The second-order valence-corrected chi connectivity index (χ2v) is 15.8. The van der Waals surface area contributed by atoms with Gasteiger partial charge in [-0.3, -0.25) is 4.39 Å². The molecule has 0 unspecified atom stereocenters. The number of rotatable bonds is 3. The van der Waals surface area contributed by atoms with Gasteiger partial charge >= 0.3 is 20.1 Å². The summed E-state index contributed by atoms with van der Waals surface area (Å²) in [5.41, 5.74) is 3.09. The summed E-state index contributed by atoms with van der Waals surface area (Å²) in [6.45, 7) is 6.92. The first-order valence-electron chi connectivity index (χ1n) is 21.6. The number of pyridine rings is 1. The third-order valence-corrected chi connectivity index (χ3v) is 9.85. The van der Waals surface area contributed by atoms with E-state index in [1.807, 2.05) is 62.0 Å². The molecule has 6 aromatic carbocycles. The number of halogens is 1. The number of imidazole rings is 1. The number of aromatic nitrogens is 3. The summed E-state index contributed by atoms with van der Waals surface area (Å²) in [6.07, 6.45) is 8.25. The molecule has 0 saturated heterocycles. The van der Waals surface area contributed by atoms with Crippen molar-refractivity contribution in [3.63, 3.8) is 0 Å². The number of nitrogens with zero attached hydrogens (tertiary/aromatic N) is 3. The Hall–Kier alpha value is -5.42. The summed E-state index contributed by atoms with van der Waals surface area (Å²) in [5, 5.41) is 6.16. The van der Waals surface area contributed by atoms with Crippen molar-refractivity contribution < 1.29 is 43.1 Å². The first-order valence-corrected chi connectivity index (χ1v) is 18.1. The molecular weight excluding hydrogens is 870 g/mol. The molecule has 280 valence electrons. The van der Waals surface area contributed by atoms with Crippen LogP contribution >= 0.6 is 0 Å². The first-order chi connectivity index (χ1) is 29.1. The zero-order valence-electron chi connectivity index (χ0n) is 38.9. The van der Waals surface area contributed by atoms with Gasteiger partial charge in [-0.1, -0.05) is 98.0 Å². The van der Waals surface area contributed by atoms with Gasteiger partial charge in [0.1, 0.15) is 5.58 Å². The molecule has 9 aromatic rings. The van der Waals surface area contributed by atoms with Gasteiger partial charge in [-0.05, 0) is 107 Å². The van der Waals surface area contributed by atoms with Gasteiger partial charge in [0, 0.05) is 38.0 Å². The minimum Gasteiger partial charge on any atom is -0.501 e. The fourth-order valence-corrected chi connectivity index (χ4v) is 6.76. The molecular formula is C50H44FIrN3O+. The molecule has 0 N–H and O–H groups in total. The van der Waals surface area contributed by atoms with Crippen LogP contribution in [0.15, 0.2) is 126 Å². The topological polar surface area (TPSA) is 34.8 Å². The molecule has 4 nitrogen and oxygen atoms in total. The van der Waals surface area contributed by atoms with E-state index in [0.29, 0.717) is 28.0 Å². The van der Waals surface area contributed by atoms with Crippen molar-refractivity contribution >= 4 is 43.5 Å². The van der Waals surface area contributed by atoms with E-state index in [1.54, 1.807) is 34.9 Å². The third kappa shape index (κ3) is 7.44. The van der Waals surface area contributed by atoms with Gasteiger partial charge in [0.2, 0.25) is 6.33 Å². The summed E-state index contributed by atoms with van der Waals surface area (Å²) >= 11 is 0. The molecule has 56 heavy (non-hydrogen) atoms. The van der Waals surface area contributed by atoms with Crippen LogP contribution in [0.2, 0.25) is 0 Å². The number of fused-ring (bicyclic) bond motifs is 6. The fraction of sp³-hybridized carbons (Fsp3) is 0.200. The predicted molar refractivity (Wildman–Crippen MR) is 223 cm³/mol. The zero-order valence-corrected chi connectivity index (χ0v) is 34.3. The zero-order chi connectivity index (χ0) is 44.5. The molecule has 0 amide bonds. The standard InChI is InChI=1S/C37H30NO.C13H14FN2.Ir/c1-22-17-26(37(3,4)5)15-16-27(22)31-19-34(38-21-23(31)2)30-12-8-11-29-33-18-25-14-13-24-9-6-7-10-28(24)32(25)20-35(33)39-36(29)30;1-13(2,3)16-9-8-15(10-16)12-6-4-11(14)5-7-12;/h6-11,13-21H,1-5H3;4-6,8-9H,1-3H3;/q2*-1;+3/i1D3,2D3,16D;;. The van der Waals surface area contributed by atoms with Gasteiger partial charge < -0.3 is 18.5 Å². The van der Waals surface area contributed by atoms with E-state index in [1.165, 1.54) is 18.3 Å². The molecule has 3 heterocycles. The van der Waals surface area contributed by atoms with E-state index in [4.69, 9.17) is 14.0 Å². The molecule has 6 heteroatoms. The second-order valence-electron chi connectivity index (χ2n) is 15.8. The van der Waals surface area contributed by atoms with Gasteiger partial charge in [0.25, 0.3) is 0 Å². The van der Waals surface area contributed by atoms with Crippen LogP contribution in [0.5, 0.6) is 0 Å². The van der Waals surface area contributed by atoms with E-state index in [0.717, 1.165) is 38.0 Å². The van der Waals surface area contributed by atoms with Crippen LogP contribution < -0.4 is 4.57 Å². The van der Waals surface area contributed by atoms with Crippen molar-refractivity contribution in [2.45, 2.75) is 66.2 Å². The Labute approximate surface area is 351 Å². The maximum absolute atomic E-state index is 12.7. The number of furan rings is 1. The normalized spacial score (nSPS) is 14.2. The van der Waals surface area contributed by atoms with E-state index in [2.05, 4.69) is 74.5 Å². The average Bonchev–Trinajstić information content (AvgIpc) is 3.85. The van der Waals surface area contributed by atoms with Crippen LogP contribution in [0, 0.1) is 38.0 Å². The van der Waals surface area contributed by atoms with Crippen molar-refractivity contribution in [3.05, 3.63) is 163 Å². The first kappa shape index (κ1) is 30.8. The Bertz CT molecular complexity index is 3160.